The first-order chi connectivity index (χ1) is 9.47. The Labute approximate surface area is 123 Å². The van der Waals surface area contributed by atoms with Gasteiger partial charge in [-0.15, -0.1) is 0 Å². The van der Waals surface area contributed by atoms with Gasteiger partial charge >= 0.3 is 0 Å². The van der Waals surface area contributed by atoms with Crippen LogP contribution in [-0.4, -0.2) is 10.9 Å². The average molecular weight is 341 g/mol. The van der Waals surface area contributed by atoms with Gasteiger partial charge in [0.25, 0.3) is 5.91 Å². The molecule has 0 aliphatic rings. The largest absolute Gasteiger partial charge is 0.345 e. The molecule has 0 saturated heterocycles. The average Bonchev–Trinajstić information content (AvgIpc) is 2.38. The molecule has 1 aromatic heterocycles. The molecule has 1 aromatic carbocycles. The Hall–Kier alpha value is -1.82. The molecule has 1 atom stereocenters. The third-order valence-corrected chi connectivity index (χ3v) is 3.18. The molecular formula is C14H11BrF2N2O. The van der Waals surface area contributed by atoms with E-state index in [2.05, 4.69) is 26.2 Å². The normalized spacial score (nSPS) is 12.0. The van der Waals surface area contributed by atoms with E-state index in [1.165, 1.54) is 12.3 Å². The van der Waals surface area contributed by atoms with Crippen LogP contribution in [0.25, 0.3) is 0 Å². The Bertz CT molecular complexity index is 649. The maximum atomic E-state index is 13.6. The van der Waals surface area contributed by atoms with E-state index >= 15 is 0 Å². The molecule has 0 spiro atoms. The second kappa shape index (κ2) is 6.09. The van der Waals surface area contributed by atoms with Gasteiger partial charge < -0.3 is 5.32 Å². The van der Waals surface area contributed by atoms with Crippen molar-refractivity contribution in [1.82, 2.24) is 10.3 Å². The highest BCUT2D eigenvalue weighted by molar-refractivity contribution is 9.10. The third kappa shape index (κ3) is 3.39. The van der Waals surface area contributed by atoms with Gasteiger partial charge in [0, 0.05) is 28.5 Å². The van der Waals surface area contributed by atoms with E-state index < -0.39 is 17.7 Å². The van der Waals surface area contributed by atoms with Gasteiger partial charge in [-0.3, -0.25) is 9.78 Å². The first-order valence-corrected chi connectivity index (χ1v) is 6.63. The van der Waals surface area contributed by atoms with Crippen molar-refractivity contribution in [2.24, 2.45) is 0 Å². The number of nitrogens with one attached hydrogen (secondary N) is 1. The number of hydrogen-bond acceptors (Lipinski definition) is 2. The molecular weight excluding hydrogens is 330 g/mol. The van der Waals surface area contributed by atoms with Crippen molar-refractivity contribution in [1.29, 1.82) is 0 Å². The number of rotatable bonds is 3. The summed E-state index contributed by atoms with van der Waals surface area (Å²) >= 11 is 3.22. The quantitative estimate of drug-likeness (QED) is 0.927. The van der Waals surface area contributed by atoms with Crippen LogP contribution in [0.5, 0.6) is 0 Å². The minimum Gasteiger partial charge on any atom is -0.345 e. The molecule has 1 amide bonds. The van der Waals surface area contributed by atoms with Gasteiger partial charge in [-0.1, -0.05) is 6.07 Å². The van der Waals surface area contributed by atoms with Crippen LogP contribution < -0.4 is 5.32 Å². The number of halogens is 3. The van der Waals surface area contributed by atoms with Crippen LogP contribution in [-0.2, 0) is 0 Å². The molecule has 2 aromatic rings. The van der Waals surface area contributed by atoms with Crippen LogP contribution in [0.1, 0.15) is 28.9 Å². The molecule has 6 heteroatoms. The Morgan fingerprint density at radius 2 is 2.05 bits per heavy atom. The summed E-state index contributed by atoms with van der Waals surface area (Å²) in [5.41, 5.74) is 0.580. The van der Waals surface area contributed by atoms with Crippen molar-refractivity contribution in [3.05, 3.63) is 63.9 Å². The van der Waals surface area contributed by atoms with E-state index in [-0.39, 0.29) is 11.5 Å². The van der Waals surface area contributed by atoms with Crippen molar-refractivity contribution in [3.63, 3.8) is 0 Å². The SMILES string of the molecule is CC(NC(=O)c1cncc(Br)c1)c1ccc(F)cc1F. The molecule has 1 N–H and O–H groups in total. The Balaban J connectivity index is 2.15. The minimum atomic E-state index is -0.690. The summed E-state index contributed by atoms with van der Waals surface area (Å²) in [5, 5.41) is 2.64. The second-order valence-corrected chi connectivity index (χ2v) is 5.17. The van der Waals surface area contributed by atoms with E-state index in [4.69, 9.17) is 0 Å². The molecule has 0 aliphatic heterocycles. The standard InChI is InChI=1S/C14H11BrF2N2O/c1-8(12-3-2-11(16)5-13(12)17)19-14(20)9-4-10(15)7-18-6-9/h2-8H,1H3,(H,19,20). The van der Waals surface area contributed by atoms with Crippen molar-refractivity contribution in [2.75, 3.05) is 0 Å². The van der Waals surface area contributed by atoms with Gasteiger partial charge in [-0.05, 0) is 35.0 Å². The molecule has 0 aliphatic carbocycles. The maximum Gasteiger partial charge on any atom is 0.253 e. The summed E-state index contributed by atoms with van der Waals surface area (Å²) in [6.07, 6.45) is 2.97. The lowest BCUT2D eigenvalue weighted by Gasteiger charge is -2.15. The predicted molar refractivity (Wildman–Crippen MR) is 74.2 cm³/mol. The Morgan fingerprint density at radius 1 is 1.30 bits per heavy atom. The molecule has 0 bridgehead atoms. The van der Waals surface area contributed by atoms with Crippen LogP contribution in [0.4, 0.5) is 8.78 Å². The zero-order chi connectivity index (χ0) is 14.7. The Morgan fingerprint density at radius 3 is 2.70 bits per heavy atom. The summed E-state index contributed by atoms with van der Waals surface area (Å²) in [4.78, 5) is 15.9. The fraction of sp³-hybridized carbons (Fsp3) is 0.143. The van der Waals surface area contributed by atoms with Crippen molar-refractivity contribution in [2.45, 2.75) is 13.0 Å². The molecule has 3 nitrogen and oxygen atoms in total. The molecule has 20 heavy (non-hydrogen) atoms. The lowest BCUT2D eigenvalue weighted by atomic mass is 10.1. The van der Waals surface area contributed by atoms with Crippen LogP contribution in [0.2, 0.25) is 0 Å². The van der Waals surface area contributed by atoms with E-state index in [9.17, 15) is 13.6 Å². The minimum absolute atomic E-state index is 0.225. The zero-order valence-corrected chi connectivity index (χ0v) is 12.1. The summed E-state index contributed by atoms with van der Waals surface area (Å²) < 4.78 is 27.1. The second-order valence-electron chi connectivity index (χ2n) is 4.25. The van der Waals surface area contributed by atoms with Gasteiger partial charge in [-0.25, -0.2) is 8.78 Å². The number of carbonyl (C=O) groups is 1. The first-order valence-electron chi connectivity index (χ1n) is 5.83. The number of benzene rings is 1. The van der Waals surface area contributed by atoms with Crippen LogP contribution in [0.3, 0.4) is 0 Å². The van der Waals surface area contributed by atoms with E-state index in [0.29, 0.717) is 10.0 Å². The molecule has 104 valence electrons. The maximum absolute atomic E-state index is 13.6. The first kappa shape index (κ1) is 14.6. The zero-order valence-electron chi connectivity index (χ0n) is 10.5. The van der Waals surface area contributed by atoms with E-state index in [0.717, 1.165) is 12.1 Å². The topological polar surface area (TPSA) is 42.0 Å². The molecule has 0 radical (unpaired) electrons. The molecule has 1 unspecified atom stereocenters. The third-order valence-electron chi connectivity index (χ3n) is 2.74. The summed E-state index contributed by atoms with van der Waals surface area (Å²) in [6.45, 7) is 1.62. The van der Waals surface area contributed by atoms with E-state index in [1.54, 1.807) is 19.2 Å². The molecule has 1 heterocycles. The number of aromatic nitrogens is 1. The predicted octanol–water partition coefficient (Wildman–Crippen LogP) is 3.61. The van der Waals surface area contributed by atoms with Gasteiger partial charge in [-0.2, -0.15) is 0 Å². The summed E-state index contributed by atoms with van der Waals surface area (Å²) in [6, 6.07) is 4.28. The molecule has 2 rings (SSSR count). The highest BCUT2D eigenvalue weighted by Gasteiger charge is 2.15. The van der Waals surface area contributed by atoms with Gasteiger partial charge in [0.1, 0.15) is 11.6 Å². The Kier molecular flexibility index (Phi) is 4.44. The lowest BCUT2D eigenvalue weighted by molar-refractivity contribution is 0.0939. The smallest absolute Gasteiger partial charge is 0.253 e. The van der Waals surface area contributed by atoms with Crippen molar-refractivity contribution in [3.8, 4) is 0 Å². The summed E-state index contributed by atoms with van der Waals surface area (Å²) in [7, 11) is 0. The van der Waals surface area contributed by atoms with Crippen molar-refractivity contribution >= 4 is 21.8 Å². The molecule has 0 saturated carbocycles. The van der Waals surface area contributed by atoms with Gasteiger partial charge in [0.2, 0.25) is 0 Å². The fourth-order valence-corrected chi connectivity index (χ4v) is 2.11. The highest BCUT2D eigenvalue weighted by atomic mass is 79.9. The van der Waals surface area contributed by atoms with Gasteiger partial charge in [0.05, 0.1) is 11.6 Å². The van der Waals surface area contributed by atoms with Crippen LogP contribution in [0.15, 0.2) is 41.1 Å². The number of amides is 1. The van der Waals surface area contributed by atoms with E-state index in [1.807, 2.05) is 0 Å². The number of pyridine rings is 1. The molecule has 0 fully saturated rings. The number of nitrogens with zero attached hydrogens (tertiary/aromatic N) is 1. The fourth-order valence-electron chi connectivity index (χ4n) is 1.75. The number of hydrogen-bond donors (Lipinski definition) is 1. The highest BCUT2D eigenvalue weighted by Crippen LogP contribution is 2.18. The van der Waals surface area contributed by atoms with Crippen LogP contribution >= 0.6 is 15.9 Å². The van der Waals surface area contributed by atoms with Crippen LogP contribution in [0, 0.1) is 11.6 Å². The monoisotopic (exact) mass is 340 g/mol. The summed E-state index contributed by atoms with van der Waals surface area (Å²) in [5.74, 6) is -1.72. The number of carbonyl (C=O) groups excluding carboxylic acids is 1. The van der Waals surface area contributed by atoms with Crippen molar-refractivity contribution < 1.29 is 13.6 Å². The van der Waals surface area contributed by atoms with Gasteiger partial charge in [0.15, 0.2) is 0 Å². The lowest BCUT2D eigenvalue weighted by Crippen LogP contribution is -2.27.